The average molecular weight is 456 g/mol. The summed E-state index contributed by atoms with van der Waals surface area (Å²) in [5.41, 5.74) is 3.84. The summed E-state index contributed by atoms with van der Waals surface area (Å²) >= 11 is 1.29. The zero-order chi connectivity index (χ0) is 23.0. The second-order valence-corrected chi connectivity index (χ2v) is 9.16. The number of nitrogens with one attached hydrogen (secondary N) is 1. The fraction of sp³-hybridized carbons (Fsp3) is 0.240. The van der Waals surface area contributed by atoms with Crippen LogP contribution in [0.25, 0.3) is 16.7 Å². The fourth-order valence-electron chi connectivity index (χ4n) is 4.17. The molecule has 7 heteroatoms. The molecule has 0 unspecified atom stereocenters. The summed E-state index contributed by atoms with van der Waals surface area (Å²) in [6.45, 7) is 6.01. The third-order valence-electron chi connectivity index (χ3n) is 5.31. The Morgan fingerprint density at radius 1 is 1.16 bits per heavy atom. The second kappa shape index (κ2) is 8.39. The van der Waals surface area contributed by atoms with E-state index in [1.807, 2.05) is 13.0 Å². The molecule has 2 aromatic carbocycles. The summed E-state index contributed by atoms with van der Waals surface area (Å²) in [6, 6.07) is 9.12. The number of ether oxygens (including phenoxy) is 2. The minimum absolute atomic E-state index is 0.0657. The van der Waals surface area contributed by atoms with E-state index in [1.165, 1.54) is 24.5 Å². The van der Waals surface area contributed by atoms with E-state index in [0.717, 1.165) is 22.9 Å². The van der Waals surface area contributed by atoms with Crippen LogP contribution in [0.3, 0.4) is 0 Å². The topological polar surface area (TPSA) is 47.6 Å². The van der Waals surface area contributed by atoms with Gasteiger partial charge in [-0.2, -0.15) is 0 Å². The summed E-state index contributed by atoms with van der Waals surface area (Å²) in [4.78, 5) is 13.0. The van der Waals surface area contributed by atoms with Gasteiger partial charge in [-0.25, -0.2) is 13.6 Å². The van der Waals surface area contributed by atoms with Crippen LogP contribution >= 0.6 is 11.3 Å². The van der Waals surface area contributed by atoms with E-state index in [1.54, 1.807) is 23.6 Å². The molecule has 4 rings (SSSR count). The summed E-state index contributed by atoms with van der Waals surface area (Å²) in [7, 11) is 1.34. The molecule has 166 valence electrons. The van der Waals surface area contributed by atoms with Gasteiger partial charge < -0.3 is 14.8 Å². The predicted molar refractivity (Wildman–Crippen MR) is 123 cm³/mol. The molecular weight excluding hydrogens is 432 g/mol. The first kappa shape index (κ1) is 22.0. The lowest BCUT2D eigenvalue weighted by Crippen LogP contribution is -2.32. The molecule has 0 atom stereocenters. The lowest BCUT2D eigenvalue weighted by atomic mass is 9.85. The number of anilines is 1. The molecule has 2 heterocycles. The van der Waals surface area contributed by atoms with Gasteiger partial charge in [-0.1, -0.05) is 18.2 Å². The fourth-order valence-corrected chi connectivity index (χ4v) is 4.79. The van der Waals surface area contributed by atoms with Gasteiger partial charge in [-0.15, -0.1) is 11.3 Å². The molecule has 3 aromatic rings. The molecule has 4 nitrogen and oxygen atoms in total. The molecule has 1 N–H and O–H groups in total. The maximum atomic E-state index is 14.5. The number of halogens is 2. The van der Waals surface area contributed by atoms with E-state index in [9.17, 15) is 13.6 Å². The van der Waals surface area contributed by atoms with E-state index in [2.05, 4.69) is 25.2 Å². The highest BCUT2D eigenvalue weighted by Gasteiger charge is 2.28. The number of fused-ring (bicyclic) bond motifs is 1. The molecule has 0 amide bonds. The SMILES string of the molecule is COc1c(F)cc(F)cc1-c1ccc2c(c1COC(=O)c1cccs1)C(C)=CC(C)(C)N2. The predicted octanol–water partition coefficient (Wildman–Crippen LogP) is 6.67. The Bertz CT molecular complexity index is 1220. The smallest absolute Gasteiger partial charge is 0.348 e. The lowest BCUT2D eigenvalue weighted by Gasteiger charge is -2.33. The number of esters is 1. The number of allylic oxidation sites excluding steroid dienone is 1. The van der Waals surface area contributed by atoms with Gasteiger partial charge in [0.1, 0.15) is 17.3 Å². The van der Waals surface area contributed by atoms with Crippen molar-refractivity contribution in [3.63, 3.8) is 0 Å². The van der Waals surface area contributed by atoms with Crippen molar-refractivity contribution in [3.8, 4) is 16.9 Å². The van der Waals surface area contributed by atoms with Crippen LogP contribution in [0.1, 0.15) is 41.6 Å². The van der Waals surface area contributed by atoms with Crippen molar-refractivity contribution in [1.29, 1.82) is 0 Å². The second-order valence-electron chi connectivity index (χ2n) is 8.21. The Labute approximate surface area is 189 Å². The van der Waals surface area contributed by atoms with E-state index in [-0.39, 0.29) is 23.5 Å². The number of carbonyl (C=O) groups is 1. The van der Waals surface area contributed by atoms with Crippen LogP contribution in [-0.2, 0) is 11.3 Å². The molecule has 0 bridgehead atoms. The highest BCUT2D eigenvalue weighted by molar-refractivity contribution is 7.11. The van der Waals surface area contributed by atoms with Crippen LogP contribution < -0.4 is 10.1 Å². The number of rotatable bonds is 5. The van der Waals surface area contributed by atoms with Crippen LogP contribution in [0.5, 0.6) is 5.75 Å². The van der Waals surface area contributed by atoms with Crippen LogP contribution in [0.15, 0.2) is 47.9 Å². The first-order chi connectivity index (χ1) is 15.2. The highest BCUT2D eigenvalue weighted by atomic mass is 32.1. The Morgan fingerprint density at radius 2 is 1.94 bits per heavy atom. The van der Waals surface area contributed by atoms with Gasteiger partial charge in [0.2, 0.25) is 0 Å². The standard InChI is InChI=1S/C25H23F2NO3S/c1-14-12-25(2,3)28-20-8-7-16(17-10-15(26)11-19(27)23(17)30-4)18(22(14)20)13-31-24(29)21-6-5-9-32-21/h5-12,28H,13H2,1-4H3. The first-order valence-corrected chi connectivity index (χ1v) is 11.0. The van der Waals surface area contributed by atoms with Crippen LogP contribution in [0, 0.1) is 11.6 Å². The van der Waals surface area contributed by atoms with Gasteiger partial charge in [0.15, 0.2) is 11.6 Å². The van der Waals surface area contributed by atoms with E-state index in [0.29, 0.717) is 16.0 Å². The molecular formula is C25H23F2NO3S. The van der Waals surface area contributed by atoms with Crippen molar-refractivity contribution in [1.82, 2.24) is 0 Å². The average Bonchev–Trinajstić information content (AvgIpc) is 3.25. The first-order valence-electron chi connectivity index (χ1n) is 10.1. The van der Waals surface area contributed by atoms with Crippen LogP contribution in [0.2, 0.25) is 0 Å². The van der Waals surface area contributed by atoms with Crippen LogP contribution in [-0.4, -0.2) is 18.6 Å². The van der Waals surface area contributed by atoms with Gasteiger partial charge in [-0.05, 0) is 55.5 Å². The minimum Gasteiger partial charge on any atom is -0.493 e. The summed E-state index contributed by atoms with van der Waals surface area (Å²) in [5.74, 6) is -2.04. The van der Waals surface area contributed by atoms with Gasteiger partial charge in [0.25, 0.3) is 0 Å². The van der Waals surface area contributed by atoms with Crippen LogP contribution in [0.4, 0.5) is 14.5 Å². The molecule has 1 aliphatic heterocycles. The third-order valence-corrected chi connectivity index (χ3v) is 6.16. The number of benzene rings is 2. The zero-order valence-corrected chi connectivity index (χ0v) is 19.0. The Balaban J connectivity index is 1.88. The van der Waals surface area contributed by atoms with Crippen molar-refractivity contribution in [3.05, 3.63) is 75.5 Å². The lowest BCUT2D eigenvalue weighted by molar-refractivity contribution is 0.0479. The van der Waals surface area contributed by atoms with E-state index in [4.69, 9.17) is 9.47 Å². The molecule has 0 spiro atoms. The zero-order valence-electron chi connectivity index (χ0n) is 18.2. The molecule has 1 aliphatic rings. The molecule has 0 radical (unpaired) electrons. The third kappa shape index (κ3) is 4.12. The molecule has 32 heavy (non-hydrogen) atoms. The number of methoxy groups -OCH3 is 1. The summed E-state index contributed by atoms with van der Waals surface area (Å²) in [6.07, 6.45) is 2.08. The molecule has 0 fully saturated rings. The highest BCUT2D eigenvalue weighted by Crippen LogP contribution is 2.43. The summed E-state index contributed by atoms with van der Waals surface area (Å²) < 4.78 is 39.5. The largest absolute Gasteiger partial charge is 0.493 e. The molecule has 0 saturated carbocycles. The maximum absolute atomic E-state index is 14.5. The summed E-state index contributed by atoms with van der Waals surface area (Å²) in [5, 5.41) is 5.26. The van der Waals surface area contributed by atoms with Crippen molar-refractivity contribution in [2.45, 2.75) is 32.9 Å². The minimum atomic E-state index is -0.798. The number of thiophene rings is 1. The van der Waals surface area contributed by atoms with Gasteiger partial charge >= 0.3 is 5.97 Å². The van der Waals surface area contributed by atoms with Crippen molar-refractivity contribution in [2.24, 2.45) is 0 Å². The Morgan fingerprint density at radius 3 is 2.62 bits per heavy atom. The molecule has 0 aliphatic carbocycles. The van der Waals surface area contributed by atoms with Gasteiger partial charge in [0.05, 0.1) is 12.6 Å². The molecule has 1 aromatic heterocycles. The Hall–Kier alpha value is -3.19. The van der Waals surface area contributed by atoms with Crippen molar-refractivity contribution in [2.75, 3.05) is 12.4 Å². The van der Waals surface area contributed by atoms with E-state index >= 15 is 0 Å². The van der Waals surface area contributed by atoms with Crippen molar-refractivity contribution < 1.29 is 23.0 Å². The number of hydrogen-bond acceptors (Lipinski definition) is 5. The quantitative estimate of drug-likeness (QED) is 0.437. The molecule has 0 saturated heterocycles. The van der Waals surface area contributed by atoms with E-state index < -0.39 is 17.6 Å². The van der Waals surface area contributed by atoms with Gasteiger partial charge in [-0.3, -0.25) is 0 Å². The number of hydrogen-bond donors (Lipinski definition) is 1. The van der Waals surface area contributed by atoms with Crippen molar-refractivity contribution >= 4 is 28.6 Å². The Kier molecular flexibility index (Phi) is 5.77. The van der Waals surface area contributed by atoms with Gasteiger partial charge in [0, 0.05) is 28.4 Å². The number of carbonyl (C=O) groups excluding carboxylic acids is 1. The normalized spacial score (nSPS) is 14.2. The monoisotopic (exact) mass is 455 g/mol. The maximum Gasteiger partial charge on any atom is 0.348 e.